The molecular weight excluding hydrogens is 312 g/mol. The van der Waals surface area contributed by atoms with E-state index < -0.39 is 11.7 Å². The summed E-state index contributed by atoms with van der Waals surface area (Å²) in [5, 5.41) is 9.39. The van der Waals surface area contributed by atoms with E-state index in [2.05, 4.69) is 0 Å². The molecule has 7 heteroatoms. The van der Waals surface area contributed by atoms with Crippen molar-refractivity contribution in [1.82, 2.24) is 9.80 Å². The van der Waals surface area contributed by atoms with Crippen LogP contribution in [0.4, 0.5) is 9.59 Å². The summed E-state index contributed by atoms with van der Waals surface area (Å²) >= 11 is 0. The van der Waals surface area contributed by atoms with Gasteiger partial charge in [-0.25, -0.2) is 9.59 Å². The van der Waals surface area contributed by atoms with Crippen LogP contribution < -0.4 is 0 Å². The van der Waals surface area contributed by atoms with Gasteiger partial charge in [-0.2, -0.15) is 0 Å². The fourth-order valence-corrected chi connectivity index (χ4v) is 2.28. The second-order valence-corrected chi connectivity index (χ2v) is 6.68. The molecule has 0 aromatic heterocycles. The van der Waals surface area contributed by atoms with Gasteiger partial charge in [0.05, 0.1) is 0 Å². The summed E-state index contributed by atoms with van der Waals surface area (Å²) in [6, 6.07) is 6.57. The summed E-state index contributed by atoms with van der Waals surface area (Å²) in [5.74, 6) is 0.134. The maximum atomic E-state index is 12.1. The molecular formula is C17H24N2O5. The number of hydrogen-bond acceptors (Lipinski definition) is 5. The molecule has 1 N–H and O–H groups in total. The van der Waals surface area contributed by atoms with Crippen molar-refractivity contribution in [3.63, 3.8) is 0 Å². The zero-order valence-corrected chi connectivity index (χ0v) is 14.3. The molecule has 0 aliphatic carbocycles. The highest BCUT2D eigenvalue weighted by molar-refractivity contribution is 5.70. The van der Waals surface area contributed by atoms with E-state index in [9.17, 15) is 14.7 Å². The third kappa shape index (κ3) is 5.33. The van der Waals surface area contributed by atoms with Gasteiger partial charge in [0.1, 0.15) is 18.0 Å². The Labute approximate surface area is 141 Å². The van der Waals surface area contributed by atoms with E-state index in [1.54, 1.807) is 34.1 Å². The molecule has 1 heterocycles. The molecule has 2 rings (SSSR count). The SMILES string of the molecule is CC(C)(C)OC(=O)N1CCN(C(=O)OCc2cccc(O)c2)CC1. The first-order valence-corrected chi connectivity index (χ1v) is 7.92. The lowest BCUT2D eigenvalue weighted by Gasteiger charge is -2.35. The molecule has 24 heavy (non-hydrogen) atoms. The maximum Gasteiger partial charge on any atom is 0.410 e. The Bertz CT molecular complexity index is 589. The van der Waals surface area contributed by atoms with Crippen molar-refractivity contribution >= 4 is 12.2 Å². The molecule has 0 unspecified atom stereocenters. The average molecular weight is 336 g/mol. The minimum absolute atomic E-state index is 0.0967. The standard InChI is InChI=1S/C17H24N2O5/c1-17(2,3)24-16(22)19-9-7-18(8-10-19)15(21)23-12-13-5-4-6-14(20)11-13/h4-6,11,20H,7-10,12H2,1-3H3. The van der Waals surface area contributed by atoms with Gasteiger partial charge in [0, 0.05) is 26.2 Å². The van der Waals surface area contributed by atoms with Crippen molar-refractivity contribution < 1.29 is 24.2 Å². The van der Waals surface area contributed by atoms with Crippen LogP contribution in [0.15, 0.2) is 24.3 Å². The van der Waals surface area contributed by atoms with Crippen molar-refractivity contribution in [2.45, 2.75) is 33.0 Å². The number of nitrogens with zero attached hydrogens (tertiary/aromatic N) is 2. The highest BCUT2D eigenvalue weighted by atomic mass is 16.6. The normalized spacial score (nSPS) is 15.1. The van der Waals surface area contributed by atoms with Crippen LogP contribution in [-0.4, -0.2) is 58.9 Å². The van der Waals surface area contributed by atoms with Gasteiger partial charge in [-0.15, -0.1) is 0 Å². The molecule has 0 radical (unpaired) electrons. The van der Waals surface area contributed by atoms with Crippen LogP contribution in [0.2, 0.25) is 0 Å². The Kier molecular flexibility index (Phi) is 5.54. The molecule has 1 aromatic rings. The van der Waals surface area contributed by atoms with E-state index in [0.717, 1.165) is 5.56 Å². The van der Waals surface area contributed by atoms with Crippen LogP contribution in [0.1, 0.15) is 26.3 Å². The summed E-state index contributed by atoms with van der Waals surface area (Å²) in [6.45, 7) is 7.18. The number of aromatic hydroxyl groups is 1. The van der Waals surface area contributed by atoms with Gasteiger partial charge < -0.3 is 24.4 Å². The number of amides is 2. The molecule has 1 aromatic carbocycles. The molecule has 1 fully saturated rings. The first-order chi connectivity index (χ1) is 11.2. The van der Waals surface area contributed by atoms with Crippen molar-refractivity contribution in [2.75, 3.05) is 26.2 Å². The Morgan fingerprint density at radius 3 is 2.21 bits per heavy atom. The largest absolute Gasteiger partial charge is 0.508 e. The van der Waals surface area contributed by atoms with Crippen molar-refractivity contribution in [1.29, 1.82) is 0 Å². The van der Waals surface area contributed by atoms with Crippen molar-refractivity contribution in [2.24, 2.45) is 0 Å². The fraction of sp³-hybridized carbons (Fsp3) is 0.529. The number of carbonyl (C=O) groups excluding carboxylic acids is 2. The van der Waals surface area contributed by atoms with Crippen molar-refractivity contribution in [3.05, 3.63) is 29.8 Å². The predicted octanol–water partition coefficient (Wildman–Crippen LogP) is 2.58. The Morgan fingerprint density at radius 2 is 1.67 bits per heavy atom. The number of phenolic OH excluding ortho intramolecular Hbond substituents is 1. The molecule has 0 spiro atoms. The van der Waals surface area contributed by atoms with E-state index in [4.69, 9.17) is 9.47 Å². The van der Waals surface area contributed by atoms with Gasteiger partial charge in [-0.05, 0) is 38.5 Å². The lowest BCUT2D eigenvalue weighted by atomic mass is 10.2. The Balaban J connectivity index is 1.77. The summed E-state index contributed by atoms with van der Waals surface area (Å²) in [6.07, 6.45) is -0.794. The van der Waals surface area contributed by atoms with E-state index in [-0.39, 0.29) is 18.4 Å². The number of phenols is 1. The summed E-state index contributed by atoms with van der Waals surface area (Å²) in [5.41, 5.74) is 0.185. The lowest BCUT2D eigenvalue weighted by Crippen LogP contribution is -2.51. The smallest absolute Gasteiger partial charge is 0.410 e. The van der Waals surface area contributed by atoms with E-state index in [0.29, 0.717) is 26.2 Å². The molecule has 2 amide bonds. The van der Waals surface area contributed by atoms with Crippen LogP contribution in [-0.2, 0) is 16.1 Å². The van der Waals surface area contributed by atoms with Crippen molar-refractivity contribution in [3.8, 4) is 5.75 Å². The van der Waals surface area contributed by atoms with Crippen LogP contribution in [0, 0.1) is 0 Å². The summed E-state index contributed by atoms with van der Waals surface area (Å²) < 4.78 is 10.6. The second-order valence-electron chi connectivity index (χ2n) is 6.68. The number of rotatable bonds is 2. The Morgan fingerprint density at radius 1 is 1.08 bits per heavy atom. The molecule has 0 saturated carbocycles. The molecule has 132 valence electrons. The minimum atomic E-state index is -0.533. The van der Waals surface area contributed by atoms with Crippen LogP contribution in [0.25, 0.3) is 0 Å². The van der Waals surface area contributed by atoms with Gasteiger partial charge in [0.25, 0.3) is 0 Å². The van der Waals surface area contributed by atoms with E-state index in [1.807, 2.05) is 20.8 Å². The third-order valence-corrected chi connectivity index (χ3v) is 3.46. The highest BCUT2D eigenvalue weighted by Crippen LogP contribution is 2.14. The third-order valence-electron chi connectivity index (χ3n) is 3.46. The van der Waals surface area contributed by atoms with Gasteiger partial charge in [-0.3, -0.25) is 0 Å². The van der Waals surface area contributed by atoms with Crippen LogP contribution >= 0.6 is 0 Å². The minimum Gasteiger partial charge on any atom is -0.508 e. The number of hydrogen-bond donors (Lipinski definition) is 1. The van der Waals surface area contributed by atoms with Gasteiger partial charge >= 0.3 is 12.2 Å². The summed E-state index contributed by atoms with van der Waals surface area (Å²) in [7, 11) is 0. The van der Waals surface area contributed by atoms with Gasteiger partial charge in [-0.1, -0.05) is 12.1 Å². The molecule has 0 bridgehead atoms. The highest BCUT2D eigenvalue weighted by Gasteiger charge is 2.28. The lowest BCUT2D eigenvalue weighted by molar-refractivity contribution is 0.0125. The van der Waals surface area contributed by atoms with Crippen LogP contribution in [0.3, 0.4) is 0 Å². The maximum absolute atomic E-state index is 12.1. The van der Waals surface area contributed by atoms with E-state index >= 15 is 0 Å². The number of ether oxygens (including phenoxy) is 2. The predicted molar refractivity (Wildman–Crippen MR) is 87.7 cm³/mol. The number of piperazine rings is 1. The first-order valence-electron chi connectivity index (χ1n) is 7.92. The number of carbonyl (C=O) groups is 2. The van der Waals surface area contributed by atoms with Gasteiger partial charge in [0.15, 0.2) is 0 Å². The Hall–Kier alpha value is -2.44. The topological polar surface area (TPSA) is 79.3 Å². The van der Waals surface area contributed by atoms with Crippen LogP contribution in [0.5, 0.6) is 5.75 Å². The molecule has 1 aliphatic rings. The number of benzene rings is 1. The molecule has 1 saturated heterocycles. The monoisotopic (exact) mass is 336 g/mol. The average Bonchev–Trinajstić information content (AvgIpc) is 2.51. The molecule has 7 nitrogen and oxygen atoms in total. The quantitative estimate of drug-likeness (QED) is 0.898. The first kappa shape index (κ1) is 17.9. The molecule has 1 aliphatic heterocycles. The molecule has 0 atom stereocenters. The van der Waals surface area contributed by atoms with Gasteiger partial charge in [0.2, 0.25) is 0 Å². The van der Waals surface area contributed by atoms with E-state index in [1.165, 1.54) is 0 Å². The second kappa shape index (κ2) is 7.42. The summed E-state index contributed by atoms with van der Waals surface area (Å²) in [4.78, 5) is 27.2. The fourth-order valence-electron chi connectivity index (χ4n) is 2.28. The zero-order chi connectivity index (χ0) is 17.7. The zero-order valence-electron chi connectivity index (χ0n) is 14.3.